The van der Waals surface area contributed by atoms with E-state index in [4.69, 9.17) is 10.5 Å². The minimum absolute atomic E-state index is 0.0476. The summed E-state index contributed by atoms with van der Waals surface area (Å²) < 4.78 is 42.3. The number of benzene rings is 3. The lowest BCUT2D eigenvalue weighted by molar-refractivity contribution is -0.148. The average molecular weight is 641 g/mol. The third-order valence-corrected chi connectivity index (χ3v) is 8.11. The molecule has 0 unspecified atom stereocenters. The highest BCUT2D eigenvalue weighted by atomic mass is 32.2. The van der Waals surface area contributed by atoms with Crippen LogP contribution in [-0.2, 0) is 19.4 Å². The van der Waals surface area contributed by atoms with Gasteiger partial charge in [-0.1, -0.05) is 45.4 Å². The number of rotatable bonds is 10. The standard InChI is InChI=1S/C22H24N4O5S.C8H9FO.C3H8/c1-3-32(30,31)18-7-5-4-6-17(18)20(22(28)29)26(2)19(27)13-25-15-8-9-16-14(12-15)10-11-24-21(16)23;1-2-10-8-5-3-7(9)4-6-8;1-3-2/h4-12,20,25H,3,13H2,1-2H3,(H2,23,24)(H,28,29);3-6H,2H2,1H3;3H2,1-2H3/t20-;;/m0../s1. The molecular formula is C33H41FN4O6S. The first-order chi connectivity index (χ1) is 21.4. The van der Waals surface area contributed by atoms with Crippen LogP contribution in [-0.4, -0.2) is 61.2 Å². The predicted octanol–water partition coefficient (Wildman–Crippen LogP) is 5.95. The van der Waals surface area contributed by atoms with E-state index >= 15 is 0 Å². The Balaban J connectivity index is 0.000000452. The number of nitrogens with one attached hydrogen (secondary N) is 1. The highest BCUT2D eigenvalue weighted by molar-refractivity contribution is 7.91. The molecular weight excluding hydrogens is 599 g/mol. The molecule has 0 saturated carbocycles. The number of fused-ring (bicyclic) bond motifs is 1. The highest BCUT2D eigenvalue weighted by Gasteiger charge is 2.32. The Morgan fingerprint density at radius 1 is 1.02 bits per heavy atom. The molecule has 4 rings (SSSR count). The SMILES string of the molecule is CCC.CCOc1ccc(F)cc1.CCS(=O)(=O)c1ccccc1[C@@H](C(=O)O)N(C)C(=O)CNc1ccc2c(N)nccc2c1. The van der Waals surface area contributed by atoms with Crippen LogP contribution in [0.3, 0.4) is 0 Å². The number of amides is 1. The first kappa shape index (κ1) is 36.5. The van der Waals surface area contributed by atoms with Gasteiger partial charge in [-0.15, -0.1) is 0 Å². The van der Waals surface area contributed by atoms with Crippen LogP contribution in [0.25, 0.3) is 10.8 Å². The second-order valence-electron chi connectivity index (χ2n) is 9.77. The van der Waals surface area contributed by atoms with Gasteiger partial charge in [0, 0.05) is 29.9 Å². The number of carbonyl (C=O) groups excluding carboxylic acids is 1. The van der Waals surface area contributed by atoms with E-state index < -0.39 is 27.8 Å². The zero-order chi connectivity index (χ0) is 33.6. The van der Waals surface area contributed by atoms with Crippen molar-refractivity contribution in [1.29, 1.82) is 0 Å². The van der Waals surface area contributed by atoms with Gasteiger partial charge >= 0.3 is 5.97 Å². The van der Waals surface area contributed by atoms with Crippen molar-refractivity contribution in [2.45, 2.75) is 45.1 Å². The number of nitrogens with zero attached hydrogens (tertiary/aromatic N) is 2. The number of carboxylic acids is 1. The predicted molar refractivity (Wildman–Crippen MR) is 175 cm³/mol. The molecule has 0 radical (unpaired) electrons. The number of sulfone groups is 1. The maximum absolute atomic E-state index is 12.8. The summed E-state index contributed by atoms with van der Waals surface area (Å²) in [5.41, 5.74) is 6.54. The van der Waals surface area contributed by atoms with E-state index in [1.165, 1.54) is 50.7 Å². The Morgan fingerprint density at radius 3 is 2.27 bits per heavy atom. The van der Waals surface area contributed by atoms with Gasteiger partial charge < -0.3 is 25.8 Å². The number of likely N-dealkylation sites (N-methyl/N-ethyl adjacent to an activating group) is 1. The lowest BCUT2D eigenvalue weighted by Gasteiger charge is -2.27. The molecule has 0 aliphatic heterocycles. The Hall–Kier alpha value is -4.71. The third kappa shape index (κ3) is 10.5. The first-order valence-corrected chi connectivity index (χ1v) is 16.1. The van der Waals surface area contributed by atoms with Gasteiger partial charge in [-0.25, -0.2) is 22.6 Å². The fourth-order valence-electron chi connectivity index (χ4n) is 4.11. The van der Waals surface area contributed by atoms with Crippen molar-refractivity contribution in [2.24, 2.45) is 0 Å². The molecule has 1 atom stereocenters. The van der Waals surface area contributed by atoms with Gasteiger partial charge in [-0.05, 0) is 66.9 Å². The summed E-state index contributed by atoms with van der Waals surface area (Å²) in [7, 11) is -2.34. The van der Waals surface area contributed by atoms with Crippen LogP contribution in [0.15, 0.2) is 83.9 Å². The quantitative estimate of drug-likeness (QED) is 0.191. The number of carbonyl (C=O) groups is 2. The molecule has 1 amide bonds. The van der Waals surface area contributed by atoms with Gasteiger partial charge in [-0.2, -0.15) is 0 Å². The van der Waals surface area contributed by atoms with Crippen LogP contribution in [0.1, 0.15) is 45.7 Å². The van der Waals surface area contributed by atoms with Crippen molar-refractivity contribution in [3.8, 4) is 5.75 Å². The molecule has 0 spiro atoms. The number of nitrogen functional groups attached to an aromatic ring is 1. The van der Waals surface area contributed by atoms with Crippen LogP contribution in [0, 0.1) is 5.82 Å². The van der Waals surface area contributed by atoms with Crippen molar-refractivity contribution in [3.63, 3.8) is 0 Å². The normalized spacial score (nSPS) is 11.2. The summed E-state index contributed by atoms with van der Waals surface area (Å²) in [5, 5.41) is 14.4. The number of aliphatic carboxylic acids is 1. The van der Waals surface area contributed by atoms with Crippen LogP contribution >= 0.6 is 0 Å². The van der Waals surface area contributed by atoms with Crippen molar-refractivity contribution < 1.29 is 32.2 Å². The lowest BCUT2D eigenvalue weighted by Crippen LogP contribution is -2.39. The summed E-state index contributed by atoms with van der Waals surface area (Å²) in [6, 6.07) is 17.5. The number of pyridine rings is 1. The van der Waals surface area contributed by atoms with Gasteiger partial charge in [0.2, 0.25) is 5.91 Å². The molecule has 45 heavy (non-hydrogen) atoms. The van der Waals surface area contributed by atoms with E-state index in [1.54, 1.807) is 48.7 Å². The number of hydrogen-bond donors (Lipinski definition) is 3. The Kier molecular flexibility index (Phi) is 14.2. The van der Waals surface area contributed by atoms with Gasteiger partial charge in [0.25, 0.3) is 0 Å². The highest BCUT2D eigenvalue weighted by Crippen LogP contribution is 2.28. The minimum atomic E-state index is -3.68. The molecule has 0 saturated heterocycles. The van der Waals surface area contributed by atoms with E-state index in [0.717, 1.165) is 15.7 Å². The molecule has 4 aromatic rings. The van der Waals surface area contributed by atoms with E-state index in [1.807, 2.05) is 6.92 Å². The van der Waals surface area contributed by atoms with Gasteiger partial charge in [0.15, 0.2) is 15.9 Å². The molecule has 0 fully saturated rings. The number of nitrogens with two attached hydrogens (primary N) is 1. The van der Waals surface area contributed by atoms with E-state index in [-0.39, 0.29) is 28.6 Å². The molecule has 1 aromatic heterocycles. The monoisotopic (exact) mass is 640 g/mol. The van der Waals surface area contributed by atoms with Crippen LogP contribution in [0.4, 0.5) is 15.9 Å². The fourth-order valence-corrected chi connectivity index (χ4v) is 5.24. The van der Waals surface area contributed by atoms with Gasteiger partial charge in [0.1, 0.15) is 17.4 Å². The molecule has 0 aliphatic rings. The number of halogens is 1. The smallest absolute Gasteiger partial charge is 0.331 e. The zero-order valence-corrected chi connectivity index (χ0v) is 27.0. The summed E-state index contributed by atoms with van der Waals surface area (Å²) in [5.74, 6) is -1.15. The molecule has 242 valence electrons. The van der Waals surface area contributed by atoms with Crippen molar-refractivity contribution in [1.82, 2.24) is 9.88 Å². The molecule has 1 heterocycles. The van der Waals surface area contributed by atoms with E-state index in [2.05, 4.69) is 24.1 Å². The summed E-state index contributed by atoms with van der Waals surface area (Å²) in [4.78, 5) is 29.8. The van der Waals surface area contributed by atoms with Gasteiger partial charge in [-0.3, -0.25) is 4.79 Å². The Morgan fingerprint density at radius 2 is 1.67 bits per heavy atom. The fraction of sp³-hybridized carbons (Fsp3) is 0.303. The second kappa shape index (κ2) is 17.6. The number of ether oxygens (including phenoxy) is 1. The van der Waals surface area contributed by atoms with E-state index in [9.17, 15) is 27.5 Å². The molecule has 3 aromatic carbocycles. The molecule has 0 bridgehead atoms. The van der Waals surface area contributed by atoms with Crippen LogP contribution in [0.5, 0.6) is 5.75 Å². The van der Waals surface area contributed by atoms with Crippen molar-refractivity contribution in [3.05, 3.63) is 90.4 Å². The summed E-state index contributed by atoms with van der Waals surface area (Å²) >= 11 is 0. The molecule has 12 heteroatoms. The number of anilines is 2. The van der Waals surface area contributed by atoms with Crippen molar-refractivity contribution in [2.75, 3.05) is 37.0 Å². The van der Waals surface area contributed by atoms with Gasteiger partial charge in [0.05, 0.1) is 23.8 Å². The maximum Gasteiger partial charge on any atom is 0.331 e. The maximum atomic E-state index is 12.8. The average Bonchev–Trinajstić information content (AvgIpc) is 3.02. The van der Waals surface area contributed by atoms with Crippen molar-refractivity contribution >= 4 is 44.0 Å². The molecule has 0 aliphatic carbocycles. The lowest BCUT2D eigenvalue weighted by atomic mass is 10.1. The topological polar surface area (TPSA) is 152 Å². The van der Waals surface area contributed by atoms with E-state index in [0.29, 0.717) is 23.9 Å². The molecule has 4 N–H and O–H groups in total. The second-order valence-corrected chi connectivity index (χ2v) is 12.0. The van der Waals surface area contributed by atoms with Crippen LogP contribution < -0.4 is 15.8 Å². The first-order valence-electron chi connectivity index (χ1n) is 14.5. The summed E-state index contributed by atoms with van der Waals surface area (Å²) in [6.07, 6.45) is 2.83. The largest absolute Gasteiger partial charge is 0.494 e. The summed E-state index contributed by atoms with van der Waals surface area (Å²) in [6.45, 7) is 8.05. The number of aromatic nitrogens is 1. The number of carboxylic acid groups (broad SMARTS) is 1. The Labute approximate surface area is 264 Å². The molecule has 10 nitrogen and oxygen atoms in total. The number of hydrogen-bond acceptors (Lipinski definition) is 8. The zero-order valence-electron chi connectivity index (χ0n) is 26.2. The third-order valence-electron chi connectivity index (χ3n) is 6.31. The Bertz CT molecular complexity index is 1670. The minimum Gasteiger partial charge on any atom is -0.494 e. The van der Waals surface area contributed by atoms with Crippen LogP contribution in [0.2, 0.25) is 0 Å².